The van der Waals surface area contributed by atoms with E-state index in [1.165, 1.54) is 0 Å². The lowest BCUT2D eigenvalue weighted by atomic mass is 10.1. The quantitative estimate of drug-likeness (QED) is 0.518. The number of hydrogen-bond acceptors (Lipinski definition) is 5. The molecule has 0 radical (unpaired) electrons. The molecule has 5 rings (SSSR count). The number of hydrogen-bond donors (Lipinski definition) is 1. The maximum atomic E-state index is 13.2. The first-order chi connectivity index (χ1) is 14.2. The number of rotatable bonds is 4. The van der Waals surface area contributed by atoms with Crippen molar-refractivity contribution in [2.75, 3.05) is 12.1 Å². The average Bonchev–Trinajstić information content (AvgIpc) is 3.38. The zero-order chi connectivity index (χ0) is 19.8. The summed E-state index contributed by atoms with van der Waals surface area (Å²) in [6.07, 6.45) is 0. The monoisotopic (exact) mass is 385 g/mol. The zero-order valence-electron chi connectivity index (χ0n) is 15.2. The van der Waals surface area contributed by atoms with Gasteiger partial charge in [0.1, 0.15) is 5.58 Å². The molecule has 1 N–H and O–H groups in total. The first kappa shape index (κ1) is 17.1. The third-order valence-electron chi connectivity index (χ3n) is 4.71. The Hall–Kier alpha value is -4.06. The fourth-order valence-corrected chi connectivity index (χ4v) is 3.27. The fourth-order valence-electron chi connectivity index (χ4n) is 3.27. The lowest BCUT2D eigenvalue weighted by molar-refractivity contribution is 0.101. The second-order valence-electron chi connectivity index (χ2n) is 6.52. The number of fused-ring (bicyclic) bond motifs is 2. The molecule has 0 atom stereocenters. The Labute approximate surface area is 165 Å². The van der Waals surface area contributed by atoms with Gasteiger partial charge >= 0.3 is 0 Å². The van der Waals surface area contributed by atoms with Crippen molar-refractivity contribution in [1.29, 1.82) is 0 Å². The maximum Gasteiger partial charge on any atom is 0.255 e. The number of furan rings is 1. The van der Waals surface area contributed by atoms with Gasteiger partial charge in [-0.15, -0.1) is 0 Å². The highest BCUT2D eigenvalue weighted by atomic mass is 16.7. The lowest BCUT2D eigenvalue weighted by Gasteiger charge is -2.06. The number of nitrogens with one attached hydrogen (secondary N) is 1. The van der Waals surface area contributed by atoms with Crippen LogP contribution in [0.25, 0.3) is 11.0 Å². The predicted octanol–water partition coefficient (Wildman–Crippen LogP) is 4.64. The van der Waals surface area contributed by atoms with Crippen LogP contribution in [0.2, 0.25) is 0 Å². The minimum Gasteiger partial charge on any atom is -0.454 e. The van der Waals surface area contributed by atoms with Crippen LogP contribution in [0.3, 0.4) is 0 Å². The second-order valence-corrected chi connectivity index (χ2v) is 6.52. The Bertz CT molecular complexity index is 1240. The molecule has 0 spiro atoms. The Morgan fingerprint density at radius 1 is 0.793 bits per heavy atom. The summed E-state index contributed by atoms with van der Waals surface area (Å²) in [7, 11) is 0. The Morgan fingerprint density at radius 3 is 2.41 bits per heavy atom. The number of amides is 1. The van der Waals surface area contributed by atoms with E-state index in [1.807, 2.05) is 18.2 Å². The summed E-state index contributed by atoms with van der Waals surface area (Å²) in [5, 5.41) is 3.50. The SMILES string of the molecule is O=C(Nc1c(C(=O)c2ccc3c(c2)OCO3)oc2ccccc12)c1ccccc1. The summed E-state index contributed by atoms with van der Waals surface area (Å²) in [5.41, 5.74) is 1.72. The van der Waals surface area contributed by atoms with E-state index in [9.17, 15) is 9.59 Å². The lowest BCUT2D eigenvalue weighted by Crippen LogP contribution is -2.14. The molecule has 1 aromatic heterocycles. The topological polar surface area (TPSA) is 77.8 Å². The highest BCUT2D eigenvalue weighted by Gasteiger charge is 2.25. The minimum absolute atomic E-state index is 0.0642. The van der Waals surface area contributed by atoms with Gasteiger partial charge in [-0.05, 0) is 42.5 Å². The van der Waals surface area contributed by atoms with Gasteiger partial charge in [0.15, 0.2) is 17.3 Å². The van der Waals surface area contributed by atoms with Crippen LogP contribution in [0.15, 0.2) is 77.2 Å². The first-order valence-electron chi connectivity index (χ1n) is 9.03. The molecule has 1 aliphatic heterocycles. The van der Waals surface area contributed by atoms with Gasteiger partial charge in [0.2, 0.25) is 12.6 Å². The van der Waals surface area contributed by atoms with Crippen LogP contribution in [0.4, 0.5) is 5.69 Å². The van der Waals surface area contributed by atoms with Crippen LogP contribution in [-0.4, -0.2) is 18.5 Å². The summed E-state index contributed by atoms with van der Waals surface area (Å²) in [4.78, 5) is 25.9. The molecule has 4 aromatic rings. The molecule has 142 valence electrons. The molecule has 2 heterocycles. The van der Waals surface area contributed by atoms with Gasteiger partial charge < -0.3 is 19.2 Å². The molecule has 0 fully saturated rings. The number of benzene rings is 3. The van der Waals surface area contributed by atoms with Crippen LogP contribution in [0.5, 0.6) is 11.5 Å². The smallest absolute Gasteiger partial charge is 0.255 e. The molecule has 6 heteroatoms. The zero-order valence-corrected chi connectivity index (χ0v) is 15.2. The van der Waals surface area contributed by atoms with E-state index >= 15 is 0 Å². The van der Waals surface area contributed by atoms with E-state index < -0.39 is 0 Å². The number of carbonyl (C=O) groups excluding carboxylic acids is 2. The highest BCUT2D eigenvalue weighted by Crippen LogP contribution is 2.36. The molecule has 0 saturated heterocycles. The van der Waals surface area contributed by atoms with Gasteiger partial charge in [-0.2, -0.15) is 0 Å². The van der Waals surface area contributed by atoms with Crippen molar-refractivity contribution < 1.29 is 23.5 Å². The molecule has 0 unspecified atom stereocenters. The standard InChI is InChI=1S/C23H15NO5/c25-21(15-10-11-18-19(12-15)28-13-27-18)22-20(16-8-4-5-9-17(16)29-22)24-23(26)14-6-2-1-3-7-14/h1-12H,13H2,(H,24,26). The summed E-state index contributed by atoms with van der Waals surface area (Å²) in [6.45, 7) is 0.121. The summed E-state index contributed by atoms with van der Waals surface area (Å²) < 4.78 is 16.5. The van der Waals surface area contributed by atoms with Crippen LogP contribution in [0.1, 0.15) is 26.5 Å². The van der Waals surface area contributed by atoms with E-state index in [1.54, 1.807) is 54.6 Å². The predicted molar refractivity (Wildman–Crippen MR) is 107 cm³/mol. The number of ketones is 1. The van der Waals surface area contributed by atoms with Crippen molar-refractivity contribution >= 4 is 28.3 Å². The molecule has 0 bridgehead atoms. The van der Waals surface area contributed by atoms with Gasteiger partial charge in [-0.3, -0.25) is 9.59 Å². The molecule has 1 amide bonds. The van der Waals surface area contributed by atoms with Crippen LogP contribution >= 0.6 is 0 Å². The first-order valence-corrected chi connectivity index (χ1v) is 9.03. The average molecular weight is 385 g/mol. The van der Waals surface area contributed by atoms with Gasteiger partial charge in [-0.1, -0.05) is 30.3 Å². The van der Waals surface area contributed by atoms with Crippen molar-refractivity contribution in [3.8, 4) is 11.5 Å². The molecule has 6 nitrogen and oxygen atoms in total. The van der Waals surface area contributed by atoms with E-state index in [2.05, 4.69) is 5.32 Å². The van der Waals surface area contributed by atoms with Crippen LogP contribution in [0, 0.1) is 0 Å². The maximum absolute atomic E-state index is 13.2. The second kappa shape index (κ2) is 6.83. The van der Waals surface area contributed by atoms with E-state index in [-0.39, 0.29) is 24.2 Å². The minimum atomic E-state index is -0.358. The van der Waals surface area contributed by atoms with Gasteiger partial charge in [0.05, 0.1) is 5.69 Å². The molecular weight excluding hydrogens is 370 g/mol. The number of carbonyl (C=O) groups is 2. The summed E-state index contributed by atoms with van der Waals surface area (Å²) >= 11 is 0. The van der Waals surface area contributed by atoms with E-state index in [0.717, 1.165) is 0 Å². The van der Waals surface area contributed by atoms with E-state index in [0.29, 0.717) is 39.3 Å². The van der Waals surface area contributed by atoms with Crippen molar-refractivity contribution in [2.45, 2.75) is 0 Å². The Balaban J connectivity index is 1.57. The van der Waals surface area contributed by atoms with Crippen molar-refractivity contribution in [1.82, 2.24) is 0 Å². The van der Waals surface area contributed by atoms with Crippen molar-refractivity contribution in [2.24, 2.45) is 0 Å². The van der Waals surface area contributed by atoms with E-state index in [4.69, 9.17) is 13.9 Å². The molecule has 1 aliphatic rings. The molecular formula is C23H15NO5. The van der Waals surface area contributed by atoms with Gasteiger partial charge in [-0.25, -0.2) is 0 Å². The largest absolute Gasteiger partial charge is 0.454 e. The highest BCUT2D eigenvalue weighted by molar-refractivity contribution is 6.19. The van der Waals surface area contributed by atoms with Crippen molar-refractivity contribution in [3.05, 3.63) is 89.7 Å². The third-order valence-corrected chi connectivity index (χ3v) is 4.71. The Kier molecular flexibility index (Phi) is 4.02. The van der Waals surface area contributed by atoms with Gasteiger partial charge in [0.25, 0.3) is 5.91 Å². The Morgan fingerprint density at radius 2 is 1.55 bits per heavy atom. The molecule has 3 aromatic carbocycles. The van der Waals surface area contributed by atoms with Gasteiger partial charge in [0, 0.05) is 16.5 Å². The molecule has 29 heavy (non-hydrogen) atoms. The number of ether oxygens (including phenoxy) is 2. The summed E-state index contributed by atoms with van der Waals surface area (Å²) in [5.74, 6) is 0.472. The number of para-hydroxylation sites is 1. The third kappa shape index (κ3) is 3.00. The molecule has 0 aliphatic carbocycles. The number of anilines is 1. The van der Waals surface area contributed by atoms with Crippen LogP contribution in [-0.2, 0) is 0 Å². The van der Waals surface area contributed by atoms with Crippen molar-refractivity contribution in [3.63, 3.8) is 0 Å². The summed E-state index contributed by atoms with van der Waals surface area (Å²) in [6, 6.07) is 20.9. The van der Waals surface area contributed by atoms with Crippen LogP contribution < -0.4 is 14.8 Å². The molecule has 0 saturated carbocycles. The fraction of sp³-hybridized carbons (Fsp3) is 0.0435. The normalized spacial score (nSPS) is 12.1.